The van der Waals surface area contributed by atoms with Gasteiger partial charge < -0.3 is 14.6 Å². The molecule has 1 atom stereocenters. The lowest BCUT2D eigenvalue weighted by Gasteiger charge is -2.15. The number of fused-ring (bicyclic) bond motifs is 3. The summed E-state index contributed by atoms with van der Waals surface area (Å²) in [5.41, 5.74) is 2.45. The molecule has 0 unspecified atom stereocenters. The summed E-state index contributed by atoms with van der Waals surface area (Å²) < 4.78 is 42.5. The predicted molar refractivity (Wildman–Crippen MR) is 109 cm³/mol. The third-order valence-electron chi connectivity index (χ3n) is 5.77. The van der Waals surface area contributed by atoms with Crippen LogP contribution < -0.4 is 0 Å². The number of nitrogens with zero attached hydrogens (tertiary/aromatic N) is 4. The van der Waals surface area contributed by atoms with Crippen LogP contribution >= 0.6 is 0 Å². The fourth-order valence-corrected chi connectivity index (χ4v) is 4.23. The number of carbonyl (C=O) groups is 1. The molecular formula is C22H19F3N4O2. The highest BCUT2D eigenvalue weighted by Gasteiger charge is 2.30. The van der Waals surface area contributed by atoms with Crippen molar-refractivity contribution in [3.63, 3.8) is 0 Å². The smallest absolute Gasteiger partial charge is 0.391 e. The van der Waals surface area contributed by atoms with E-state index in [0.29, 0.717) is 36.4 Å². The zero-order valence-corrected chi connectivity index (χ0v) is 16.6. The number of β-amino-alcohol motifs (C(OH)–C–C–N with tert-alkyl or cyclic N) is 1. The number of hydrogen-bond acceptors (Lipinski definition) is 3. The molecule has 2 aromatic carbocycles. The second-order valence-corrected chi connectivity index (χ2v) is 7.83. The average Bonchev–Trinajstić information content (AvgIpc) is 3.42. The molecule has 31 heavy (non-hydrogen) atoms. The van der Waals surface area contributed by atoms with Gasteiger partial charge in [-0.2, -0.15) is 13.2 Å². The van der Waals surface area contributed by atoms with Crippen LogP contribution in [-0.4, -0.2) is 49.2 Å². The van der Waals surface area contributed by atoms with Crippen molar-refractivity contribution >= 4 is 28.0 Å². The van der Waals surface area contributed by atoms with Crippen LogP contribution in [0.25, 0.3) is 27.8 Å². The van der Waals surface area contributed by atoms with Crippen LogP contribution in [-0.2, 0) is 13.2 Å². The Morgan fingerprint density at radius 1 is 1.16 bits per heavy atom. The van der Waals surface area contributed by atoms with E-state index in [2.05, 4.69) is 4.98 Å². The Hall–Kier alpha value is -3.33. The largest absolute Gasteiger partial charge is 0.416 e. The molecule has 1 amide bonds. The monoisotopic (exact) mass is 428 g/mol. The Balaban J connectivity index is 1.65. The van der Waals surface area contributed by atoms with Gasteiger partial charge in [0.2, 0.25) is 0 Å². The highest BCUT2D eigenvalue weighted by molar-refractivity contribution is 6.09. The number of aromatic nitrogens is 3. The van der Waals surface area contributed by atoms with Crippen LogP contribution in [0.5, 0.6) is 0 Å². The Kier molecular flexibility index (Phi) is 4.33. The molecule has 9 heteroatoms. The quantitative estimate of drug-likeness (QED) is 0.529. The van der Waals surface area contributed by atoms with Crippen molar-refractivity contribution in [3.8, 4) is 5.69 Å². The Morgan fingerprint density at radius 3 is 2.55 bits per heavy atom. The molecule has 2 aromatic heterocycles. The van der Waals surface area contributed by atoms with Gasteiger partial charge in [0.15, 0.2) is 5.65 Å². The van der Waals surface area contributed by atoms with Crippen molar-refractivity contribution in [2.24, 2.45) is 7.05 Å². The van der Waals surface area contributed by atoms with Gasteiger partial charge in [-0.25, -0.2) is 4.98 Å². The summed E-state index contributed by atoms with van der Waals surface area (Å²) in [5, 5.41) is 10.5. The molecule has 1 fully saturated rings. The Morgan fingerprint density at radius 2 is 1.90 bits per heavy atom. The van der Waals surface area contributed by atoms with Crippen LogP contribution in [0.3, 0.4) is 0 Å². The van der Waals surface area contributed by atoms with Crippen LogP contribution in [0.2, 0.25) is 0 Å². The molecule has 1 aliphatic heterocycles. The number of halogens is 3. The molecule has 6 nitrogen and oxygen atoms in total. The van der Waals surface area contributed by atoms with Crippen molar-refractivity contribution in [3.05, 3.63) is 59.9 Å². The fraction of sp³-hybridized carbons (Fsp3) is 0.273. The average molecular weight is 428 g/mol. The van der Waals surface area contributed by atoms with E-state index < -0.39 is 17.8 Å². The first-order chi connectivity index (χ1) is 14.7. The van der Waals surface area contributed by atoms with Crippen LogP contribution in [0.4, 0.5) is 13.2 Å². The molecule has 160 valence electrons. The topological polar surface area (TPSA) is 63.3 Å². The highest BCUT2D eigenvalue weighted by Crippen LogP contribution is 2.34. The maximum atomic E-state index is 13.0. The van der Waals surface area contributed by atoms with Gasteiger partial charge in [-0.05, 0) is 48.9 Å². The van der Waals surface area contributed by atoms with Gasteiger partial charge in [0.25, 0.3) is 5.91 Å². The lowest BCUT2D eigenvalue weighted by Crippen LogP contribution is -2.29. The number of likely N-dealkylation sites (tertiary alicyclic amines) is 1. The van der Waals surface area contributed by atoms with Gasteiger partial charge >= 0.3 is 6.18 Å². The number of imidazole rings is 1. The first-order valence-corrected chi connectivity index (χ1v) is 9.84. The molecule has 1 saturated heterocycles. The molecule has 1 N–H and O–H groups in total. The number of alkyl halides is 3. The molecule has 1 aliphatic rings. The summed E-state index contributed by atoms with van der Waals surface area (Å²) in [5.74, 6) is -0.156. The number of rotatable bonds is 2. The summed E-state index contributed by atoms with van der Waals surface area (Å²) in [4.78, 5) is 18.9. The van der Waals surface area contributed by atoms with Crippen molar-refractivity contribution in [2.75, 3.05) is 13.1 Å². The molecule has 0 saturated carbocycles. The summed E-state index contributed by atoms with van der Waals surface area (Å²) in [6.07, 6.45) is -2.71. The molecule has 0 bridgehead atoms. The van der Waals surface area contributed by atoms with E-state index in [9.17, 15) is 23.1 Å². The van der Waals surface area contributed by atoms with Crippen LogP contribution in [0, 0.1) is 0 Å². The van der Waals surface area contributed by atoms with E-state index in [0.717, 1.165) is 28.6 Å². The third-order valence-corrected chi connectivity index (χ3v) is 5.77. The number of benzene rings is 2. The predicted octanol–water partition coefficient (Wildman–Crippen LogP) is 3.74. The molecule has 3 heterocycles. The number of hydrogen-bond donors (Lipinski definition) is 1. The minimum Gasteiger partial charge on any atom is -0.391 e. The molecule has 0 radical (unpaired) electrons. The van der Waals surface area contributed by atoms with E-state index in [1.165, 1.54) is 12.1 Å². The number of carbonyl (C=O) groups excluding carboxylic acids is 1. The van der Waals surface area contributed by atoms with Gasteiger partial charge in [0.05, 0.1) is 29.0 Å². The van der Waals surface area contributed by atoms with E-state index in [1.54, 1.807) is 34.0 Å². The molecule has 0 aliphatic carbocycles. The zero-order chi connectivity index (χ0) is 21.9. The van der Waals surface area contributed by atoms with Crippen molar-refractivity contribution in [2.45, 2.75) is 18.7 Å². The first kappa shape index (κ1) is 19.6. The zero-order valence-electron chi connectivity index (χ0n) is 16.6. The maximum absolute atomic E-state index is 13.0. The highest BCUT2D eigenvalue weighted by atomic mass is 19.4. The fourth-order valence-electron chi connectivity index (χ4n) is 4.23. The van der Waals surface area contributed by atoms with Gasteiger partial charge in [-0.15, -0.1) is 0 Å². The van der Waals surface area contributed by atoms with Crippen molar-refractivity contribution in [1.29, 1.82) is 0 Å². The van der Waals surface area contributed by atoms with E-state index in [-0.39, 0.29) is 5.91 Å². The number of amides is 1. The summed E-state index contributed by atoms with van der Waals surface area (Å²) in [6.45, 7) is 0.816. The first-order valence-electron chi connectivity index (χ1n) is 9.84. The van der Waals surface area contributed by atoms with E-state index in [4.69, 9.17) is 0 Å². The molecule has 0 spiro atoms. The number of aryl methyl sites for hydroxylation is 1. The third kappa shape index (κ3) is 3.16. The summed E-state index contributed by atoms with van der Waals surface area (Å²) in [6, 6.07) is 10.2. The summed E-state index contributed by atoms with van der Waals surface area (Å²) in [7, 11) is 1.83. The standard InChI is InChI=1S/C22H19F3N4O2/c1-27-12-26-20-19(27)17-10-13(21(31)28-9-8-16(30)11-28)2-7-18(17)29(20)15-5-3-14(4-6-15)22(23,24)25/h2-7,10,12,16,30H,8-9,11H2,1H3/t16-/m0/s1. The second-order valence-electron chi connectivity index (χ2n) is 7.83. The van der Waals surface area contributed by atoms with E-state index >= 15 is 0 Å². The SMILES string of the molecule is Cn1cnc2c1c1cc(C(=O)N3CC[C@H](O)C3)ccc1n2-c1ccc(C(F)(F)F)cc1. The van der Waals surface area contributed by atoms with E-state index in [1.807, 2.05) is 11.6 Å². The molecular weight excluding hydrogens is 409 g/mol. The second kappa shape index (κ2) is 6.84. The lowest BCUT2D eigenvalue weighted by molar-refractivity contribution is -0.137. The molecule has 5 rings (SSSR count). The van der Waals surface area contributed by atoms with Gasteiger partial charge in [0.1, 0.15) is 0 Å². The maximum Gasteiger partial charge on any atom is 0.416 e. The van der Waals surface area contributed by atoms with Gasteiger partial charge in [0, 0.05) is 36.8 Å². The minimum absolute atomic E-state index is 0.156. The Bertz CT molecular complexity index is 1300. The number of aliphatic hydroxyl groups excluding tert-OH is 1. The van der Waals surface area contributed by atoms with Crippen LogP contribution in [0.1, 0.15) is 22.3 Å². The number of aliphatic hydroxyl groups is 1. The Labute approximate surface area is 175 Å². The minimum atomic E-state index is -4.41. The van der Waals surface area contributed by atoms with Gasteiger partial charge in [-0.1, -0.05) is 0 Å². The van der Waals surface area contributed by atoms with Crippen LogP contribution in [0.15, 0.2) is 48.8 Å². The van der Waals surface area contributed by atoms with Gasteiger partial charge in [-0.3, -0.25) is 9.36 Å². The van der Waals surface area contributed by atoms with Crippen molar-refractivity contribution in [1.82, 2.24) is 19.0 Å². The molecule has 4 aromatic rings. The normalized spacial score (nSPS) is 17.2. The lowest BCUT2D eigenvalue weighted by atomic mass is 10.1. The van der Waals surface area contributed by atoms with Crippen molar-refractivity contribution < 1.29 is 23.1 Å². The summed E-state index contributed by atoms with van der Waals surface area (Å²) >= 11 is 0.